The molecule has 0 aliphatic heterocycles. The first-order valence-corrected chi connectivity index (χ1v) is 12.1. The van der Waals surface area contributed by atoms with E-state index in [1.807, 2.05) is 6.92 Å². The number of unbranched alkanes of at least 4 members (excludes halogenated alkanes) is 1. The number of benzene rings is 1. The highest BCUT2D eigenvalue weighted by atomic mass is 16.4. The third-order valence-electron chi connectivity index (χ3n) is 4.77. The van der Waals surface area contributed by atoms with Crippen molar-refractivity contribution in [3.8, 4) is 0 Å². The Kier molecular flexibility index (Phi) is 22.5. The van der Waals surface area contributed by atoms with Crippen molar-refractivity contribution in [2.24, 2.45) is 17.2 Å². The van der Waals surface area contributed by atoms with Crippen LogP contribution in [0.2, 0.25) is 0 Å². The van der Waals surface area contributed by atoms with Crippen molar-refractivity contribution in [2.75, 3.05) is 11.9 Å². The fourth-order valence-corrected chi connectivity index (χ4v) is 2.83. The van der Waals surface area contributed by atoms with E-state index < -0.39 is 18.0 Å². The van der Waals surface area contributed by atoms with Crippen molar-refractivity contribution in [3.05, 3.63) is 29.8 Å². The number of carboxylic acid groups (broad SMARTS) is 2. The summed E-state index contributed by atoms with van der Waals surface area (Å²) < 4.78 is 0. The molecule has 10 heteroatoms. The van der Waals surface area contributed by atoms with E-state index in [1.165, 1.54) is 39.0 Å². The van der Waals surface area contributed by atoms with Crippen molar-refractivity contribution >= 4 is 29.8 Å². The zero-order chi connectivity index (χ0) is 27.1. The Morgan fingerprint density at radius 3 is 1.97 bits per heavy atom. The molecular weight excluding hydrogens is 452 g/mol. The number of amides is 1. The first-order chi connectivity index (χ1) is 16.6. The quantitative estimate of drug-likeness (QED) is 0.219. The van der Waals surface area contributed by atoms with Gasteiger partial charge in [0, 0.05) is 30.6 Å². The lowest BCUT2D eigenvalue weighted by Gasteiger charge is -2.15. The lowest BCUT2D eigenvalue weighted by atomic mass is 9.97. The predicted molar refractivity (Wildman–Crippen MR) is 138 cm³/mol. The van der Waals surface area contributed by atoms with Crippen LogP contribution in [0.1, 0.15) is 88.4 Å². The smallest absolute Gasteiger partial charge is 0.320 e. The SMILES string of the molecule is CC(=O)Nc1ccc(C=O)cc1.CCCC(=O)O.NC1CCCCC1.NCCCC[C@H](N)C(=O)O. The van der Waals surface area contributed by atoms with Crippen molar-refractivity contribution in [2.45, 2.75) is 90.1 Å². The Bertz CT molecular complexity index is 706. The molecule has 1 aliphatic carbocycles. The minimum atomic E-state index is -0.933. The Morgan fingerprint density at radius 2 is 1.66 bits per heavy atom. The van der Waals surface area contributed by atoms with Gasteiger partial charge in [0.1, 0.15) is 12.3 Å². The summed E-state index contributed by atoms with van der Waals surface area (Å²) in [6.45, 7) is 3.88. The second-order valence-electron chi connectivity index (χ2n) is 8.19. The Labute approximate surface area is 208 Å². The van der Waals surface area contributed by atoms with E-state index in [0.717, 1.165) is 25.5 Å². The van der Waals surface area contributed by atoms with Gasteiger partial charge in [-0.1, -0.05) is 32.6 Å². The third kappa shape index (κ3) is 24.1. The highest BCUT2D eigenvalue weighted by Crippen LogP contribution is 2.14. The Hall–Kier alpha value is -2.82. The van der Waals surface area contributed by atoms with Crippen LogP contribution >= 0.6 is 0 Å². The minimum absolute atomic E-state index is 0.117. The summed E-state index contributed by atoms with van der Waals surface area (Å²) in [7, 11) is 0. The lowest BCUT2D eigenvalue weighted by Crippen LogP contribution is -2.29. The van der Waals surface area contributed by atoms with Crippen molar-refractivity contribution < 1.29 is 29.4 Å². The molecule has 1 saturated carbocycles. The van der Waals surface area contributed by atoms with E-state index in [-0.39, 0.29) is 5.91 Å². The van der Waals surface area contributed by atoms with E-state index in [1.54, 1.807) is 24.3 Å². The van der Waals surface area contributed by atoms with Crippen molar-refractivity contribution in [1.29, 1.82) is 0 Å². The number of aliphatic carboxylic acids is 2. The van der Waals surface area contributed by atoms with Crippen LogP contribution in [-0.2, 0) is 14.4 Å². The fourth-order valence-electron chi connectivity index (χ4n) is 2.83. The van der Waals surface area contributed by atoms with Crippen molar-refractivity contribution in [3.63, 3.8) is 0 Å². The number of aldehydes is 1. The summed E-state index contributed by atoms with van der Waals surface area (Å²) in [5, 5.41) is 18.8. The third-order valence-corrected chi connectivity index (χ3v) is 4.77. The number of rotatable bonds is 9. The molecule has 1 fully saturated rings. The molecule has 35 heavy (non-hydrogen) atoms. The molecule has 2 rings (SSSR count). The number of nitrogens with two attached hydrogens (primary N) is 3. The zero-order valence-corrected chi connectivity index (χ0v) is 21.1. The van der Waals surface area contributed by atoms with Crippen LogP contribution in [0.3, 0.4) is 0 Å². The maximum Gasteiger partial charge on any atom is 0.320 e. The molecule has 1 aliphatic rings. The average Bonchev–Trinajstić information content (AvgIpc) is 2.81. The van der Waals surface area contributed by atoms with Gasteiger partial charge < -0.3 is 32.7 Å². The van der Waals surface area contributed by atoms with Gasteiger partial charge in [0.2, 0.25) is 5.91 Å². The Balaban J connectivity index is 0. The number of nitrogens with one attached hydrogen (secondary N) is 1. The van der Waals surface area contributed by atoms with Crippen LogP contribution in [0.15, 0.2) is 24.3 Å². The number of carbonyl (C=O) groups is 4. The summed E-state index contributed by atoms with van der Waals surface area (Å²) in [6, 6.07) is 6.49. The van der Waals surface area contributed by atoms with Crippen LogP contribution < -0.4 is 22.5 Å². The highest BCUT2D eigenvalue weighted by molar-refractivity contribution is 5.89. The summed E-state index contributed by atoms with van der Waals surface area (Å²) in [4.78, 5) is 40.6. The first-order valence-electron chi connectivity index (χ1n) is 12.1. The van der Waals surface area contributed by atoms with Crippen LogP contribution in [0.4, 0.5) is 5.69 Å². The van der Waals surface area contributed by atoms with Gasteiger partial charge >= 0.3 is 11.9 Å². The molecule has 0 aromatic heterocycles. The van der Waals surface area contributed by atoms with Gasteiger partial charge in [0.05, 0.1) is 0 Å². The van der Waals surface area contributed by atoms with Crippen molar-refractivity contribution in [1.82, 2.24) is 0 Å². The first kappa shape index (κ1) is 34.3. The van der Waals surface area contributed by atoms with Gasteiger partial charge in [-0.05, 0) is 62.9 Å². The largest absolute Gasteiger partial charge is 0.481 e. The molecule has 0 bridgehead atoms. The van der Waals surface area contributed by atoms with Gasteiger partial charge in [-0.3, -0.25) is 19.2 Å². The normalized spacial score (nSPS) is 13.3. The Morgan fingerprint density at radius 1 is 1.09 bits per heavy atom. The van der Waals surface area contributed by atoms with Crippen LogP contribution in [0.5, 0.6) is 0 Å². The molecule has 10 nitrogen and oxygen atoms in total. The zero-order valence-electron chi connectivity index (χ0n) is 21.1. The summed E-state index contributed by atoms with van der Waals surface area (Å²) >= 11 is 0. The topological polar surface area (TPSA) is 199 Å². The van der Waals surface area contributed by atoms with Gasteiger partial charge in [0.15, 0.2) is 0 Å². The fraction of sp³-hybridized carbons (Fsp3) is 0.600. The van der Waals surface area contributed by atoms with E-state index in [9.17, 15) is 19.2 Å². The molecule has 1 aromatic carbocycles. The molecule has 1 amide bonds. The summed E-state index contributed by atoms with van der Waals surface area (Å²) in [5.74, 6) is -1.76. The van der Waals surface area contributed by atoms with Gasteiger partial charge in [-0.2, -0.15) is 0 Å². The van der Waals surface area contributed by atoms with E-state index in [0.29, 0.717) is 36.7 Å². The van der Waals surface area contributed by atoms with Crippen LogP contribution in [0, 0.1) is 0 Å². The molecule has 0 radical (unpaired) electrons. The standard InChI is InChI=1S/C9H9NO2.C6H14N2O2.C6H13N.C4H8O2/c1-7(12)10-9-4-2-8(6-11)3-5-9;7-4-2-1-3-5(8)6(9)10;7-6-4-2-1-3-5-6;1-2-3-4(5)6/h2-6H,1H3,(H,10,12);5H,1-4,7-8H2,(H,9,10);6H,1-5,7H2;2-3H2,1H3,(H,5,6)/t;5-;;/m.0../s1. The highest BCUT2D eigenvalue weighted by Gasteiger charge is 2.09. The molecule has 200 valence electrons. The molecule has 0 spiro atoms. The van der Waals surface area contributed by atoms with E-state index in [4.69, 9.17) is 27.4 Å². The molecule has 1 aromatic rings. The predicted octanol–water partition coefficient (Wildman–Crippen LogP) is 3.13. The molecule has 1 atom stereocenters. The minimum Gasteiger partial charge on any atom is -0.481 e. The second-order valence-corrected chi connectivity index (χ2v) is 8.19. The lowest BCUT2D eigenvalue weighted by molar-refractivity contribution is -0.139. The molecular formula is C25H44N4O6. The van der Waals surface area contributed by atoms with Gasteiger partial charge in [-0.15, -0.1) is 0 Å². The van der Waals surface area contributed by atoms with Crippen LogP contribution in [-0.4, -0.2) is 53.0 Å². The van der Waals surface area contributed by atoms with Gasteiger partial charge in [0.25, 0.3) is 0 Å². The van der Waals surface area contributed by atoms with E-state index in [2.05, 4.69) is 5.32 Å². The van der Waals surface area contributed by atoms with E-state index >= 15 is 0 Å². The number of carbonyl (C=O) groups excluding carboxylic acids is 2. The number of carboxylic acids is 2. The maximum absolute atomic E-state index is 10.6. The average molecular weight is 497 g/mol. The second kappa shape index (κ2) is 22.9. The molecule has 0 saturated heterocycles. The summed E-state index contributed by atoms with van der Waals surface area (Å²) in [5.41, 5.74) is 17.4. The number of hydrogen-bond acceptors (Lipinski definition) is 7. The molecule has 9 N–H and O–H groups in total. The number of hydrogen-bond donors (Lipinski definition) is 6. The van der Waals surface area contributed by atoms with Gasteiger partial charge in [-0.25, -0.2) is 0 Å². The molecule has 0 unspecified atom stereocenters. The molecule has 0 heterocycles. The van der Waals surface area contributed by atoms with Crippen LogP contribution in [0.25, 0.3) is 0 Å². The summed E-state index contributed by atoms with van der Waals surface area (Å²) in [6.07, 6.45) is 10.6. The maximum atomic E-state index is 10.6. The number of anilines is 1. The monoisotopic (exact) mass is 496 g/mol.